The number of benzene rings is 2. The van der Waals surface area contributed by atoms with Crippen LogP contribution < -0.4 is 5.32 Å². The van der Waals surface area contributed by atoms with Crippen molar-refractivity contribution < 1.29 is 26.4 Å². The highest BCUT2D eigenvalue weighted by Gasteiger charge is 2.30. The van der Waals surface area contributed by atoms with Gasteiger partial charge in [-0.15, -0.1) is 0 Å². The number of halogens is 3. The Morgan fingerprint density at radius 1 is 1.07 bits per heavy atom. The zero-order valence-corrected chi connectivity index (χ0v) is 15.7. The average Bonchev–Trinajstić information content (AvgIpc) is 2.60. The average molecular weight is 400 g/mol. The molecule has 0 radical (unpaired) electrons. The van der Waals surface area contributed by atoms with Crippen LogP contribution in [0.4, 0.5) is 18.9 Å². The Kier molecular flexibility index (Phi) is 5.96. The zero-order chi connectivity index (χ0) is 20.4. The molecule has 0 aliphatic heterocycles. The topological polar surface area (TPSA) is 66.5 Å². The number of anilines is 1. The van der Waals surface area contributed by atoms with Gasteiger partial charge in [-0.3, -0.25) is 4.79 Å². The van der Waals surface area contributed by atoms with Crippen LogP contribution in [-0.2, 0) is 16.2 Å². The monoisotopic (exact) mass is 400 g/mol. The van der Waals surface area contributed by atoms with Gasteiger partial charge in [0, 0.05) is 24.3 Å². The highest BCUT2D eigenvalue weighted by Crippen LogP contribution is 2.30. The minimum atomic E-state index is -4.53. The number of carbonyl (C=O) groups is 1. The van der Waals surface area contributed by atoms with Gasteiger partial charge >= 0.3 is 6.18 Å². The van der Waals surface area contributed by atoms with Gasteiger partial charge in [0.15, 0.2) is 0 Å². The lowest BCUT2D eigenvalue weighted by atomic mass is 10.1. The van der Waals surface area contributed by atoms with E-state index in [2.05, 4.69) is 5.32 Å². The van der Waals surface area contributed by atoms with Gasteiger partial charge < -0.3 is 5.32 Å². The van der Waals surface area contributed by atoms with E-state index < -0.39 is 27.7 Å². The van der Waals surface area contributed by atoms with Gasteiger partial charge in [-0.25, -0.2) is 8.42 Å². The van der Waals surface area contributed by atoms with Crippen molar-refractivity contribution in [3.05, 3.63) is 59.7 Å². The summed E-state index contributed by atoms with van der Waals surface area (Å²) in [6.07, 6.45) is -4.53. The molecule has 1 N–H and O–H groups in total. The Morgan fingerprint density at radius 3 is 2.30 bits per heavy atom. The van der Waals surface area contributed by atoms with Crippen LogP contribution in [0.25, 0.3) is 0 Å². The molecule has 2 aromatic rings. The third kappa shape index (κ3) is 4.86. The van der Waals surface area contributed by atoms with E-state index in [1.807, 2.05) is 0 Å². The largest absolute Gasteiger partial charge is 0.416 e. The van der Waals surface area contributed by atoms with Crippen LogP contribution in [0.15, 0.2) is 53.4 Å². The molecule has 5 nitrogen and oxygen atoms in total. The molecule has 2 aromatic carbocycles. The molecular formula is C18H19F3N2O3S. The maximum Gasteiger partial charge on any atom is 0.416 e. The van der Waals surface area contributed by atoms with Crippen molar-refractivity contribution in [2.45, 2.75) is 31.0 Å². The third-order valence-corrected chi connectivity index (χ3v) is 5.98. The molecule has 9 heteroatoms. The van der Waals surface area contributed by atoms with Gasteiger partial charge in [-0.2, -0.15) is 17.5 Å². The fourth-order valence-corrected chi connectivity index (χ4v) is 3.63. The summed E-state index contributed by atoms with van der Waals surface area (Å²) in [5.74, 6) is -0.710. The molecule has 0 aromatic heterocycles. The van der Waals surface area contributed by atoms with Crippen molar-refractivity contribution in [3.8, 4) is 0 Å². The summed E-state index contributed by atoms with van der Waals surface area (Å²) in [5, 5.41) is 2.35. The first-order valence-corrected chi connectivity index (χ1v) is 9.43. The fourth-order valence-electron chi connectivity index (χ4n) is 2.22. The summed E-state index contributed by atoms with van der Waals surface area (Å²) < 4.78 is 64.5. The summed E-state index contributed by atoms with van der Waals surface area (Å²) in [5.41, 5.74) is -0.914. The molecule has 0 aliphatic carbocycles. The van der Waals surface area contributed by atoms with Gasteiger partial charge in [0.25, 0.3) is 5.91 Å². The van der Waals surface area contributed by atoms with Crippen LogP contribution in [0.1, 0.15) is 29.8 Å². The van der Waals surface area contributed by atoms with E-state index >= 15 is 0 Å². The Balaban J connectivity index is 2.29. The van der Waals surface area contributed by atoms with Gasteiger partial charge in [-0.1, -0.05) is 12.1 Å². The standard InChI is InChI=1S/C18H19F3N2O3S/c1-12(2)23(3)27(25,26)16-9-4-6-13(10-16)17(24)22-15-8-5-7-14(11-15)18(19,20)21/h4-12H,1-3H3,(H,22,24). The van der Waals surface area contributed by atoms with Crippen LogP contribution in [0.3, 0.4) is 0 Å². The minimum Gasteiger partial charge on any atom is -0.322 e. The summed E-state index contributed by atoms with van der Waals surface area (Å²) in [7, 11) is -2.36. The quantitative estimate of drug-likeness (QED) is 0.825. The SMILES string of the molecule is CC(C)N(C)S(=O)(=O)c1cccc(C(=O)Nc2cccc(C(F)(F)F)c2)c1. The van der Waals surface area contributed by atoms with E-state index in [-0.39, 0.29) is 22.2 Å². The number of alkyl halides is 3. The summed E-state index contributed by atoms with van der Waals surface area (Å²) in [6, 6.07) is 9.26. The van der Waals surface area contributed by atoms with Crippen molar-refractivity contribution >= 4 is 21.6 Å². The molecule has 0 saturated heterocycles. The molecule has 0 fully saturated rings. The number of hydrogen-bond donors (Lipinski definition) is 1. The third-order valence-electron chi connectivity index (χ3n) is 3.95. The highest BCUT2D eigenvalue weighted by molar-refractivity contribution is 7.89. The lowest BCUT2D eigenvalue weighted by Gasteiger charge is -2.21. The van der Waals surface area contributed by atoms with Crippen LogP contribution in [0, 0.1) is 0 Å². The Morgan fingerprint density at radius 2 is 1.70 bits per heavy atom. The van der Waals surface area contributed by atoms with Gasteiger partial charge in [0.05, 0.1) is 10.5 Å². The van der Waals surface area contributed by atoms with Crippen LogP contribution in [0.5, 0.6) is 0 Å². The molecule has 0 heterocycles. The predicted octanol–water partition coefficient (Wildman–Crippen LogP) is 3.99. The van der Waals surface area contributed by atoms with Crippen LogP contribution >= 0.6 is 0 Å². The van der Waals surface area contributed by atoms with Crippen LogP contribution in [0.2, 0.25) is 0 Å². The normalized spacial score (nSPS) is 12.4. The molecule has 2 rings (SSSR count). The molecule has 27 heavy (non-hydrogen) atoms. The molecule has 1 amide bonds. The van der Waals surface area contributed by atoms with E-state index in [1.165, 1.54) is 43.4 Å². The fraction of sp³-hybridized carbons (Fsp3) is 0.278. The lowest BCUT2D eigenvalue weighted by molar-refractivity contribution is -0.137. The first kappa shape index (κ1) is 20.9. The van der Waals surface area contributed by atoms with E-state index in [1.54, 1.807) is 13.8 Å². The van der Waals surface area contributed by atoms with Crippen molar-refractivity contribution in [2.24, 2.45) is 0 Å². The number of nitrogens with zero attached hydrogens (tertiary/aromatic N) is 1. The zero-order valence-electron chi connectivity index (χ0n) is 14.9. The molecule has 0 saturated carbocycles. The Bertz CT molecular complexity index is 941. The molecular weight excluding hydrogens is 381 g/mol. The van der Waals surface area contributed by atoms with Gasteiger partial charge in [0.2, 0.25) is 10.0 Å². The molecule has 0 atom stereocenters. The first-order valence-electron chi connectivity index (χ1n) is 7.99. The van der Waals surface area contributed by atoms with Gasteiger partial charge in [-0.05, 0) is 50.2 Å². The maximum absolute atomic E-state index is 12.8. The van der Waals surface area contributed by atoms with Crippen molar-refractivity contribution in [1.29, 1.82) is 0 Å². The second-order valence-electron chi connectivity index (χ2n) is 6.18. The van der Waals surface area contributed by atoms with E-state index in [0.717, 1.165) is 16.4 Å². The Labute approximate surface area is 155 Å². The first-order chi connectivity index (χ1) is 12.4. The molecule has 0 bridgehead atoms. The lowest BCUT2D eigenvalue weighted by Crippen LogP contribution is -2.33. The Hall–Kier alpha value is -2.39. The number of carbonyl (C=O) groups excluding carboxylic acids is 1. The summed E-state index contributed by atoms with van der Waals surface area (Å²) in [4.78, 5) is 12.3. The van der Waals surface area contributed by atoms with Gasteiger partial charge in [0.1, 0.15) is 0 Å². The second kappa shape index (κ2) is 7.69. The number of amides is 1. The summed E-state index contributed by atoms with van der Waals surface area (Å²) in [6.45, 7) is 3.42. The number of hydrogen-bond acceptors (Lipinski definition) is 3. The van der Waals surface area contributed by atoms with Crippen molar-refractivity contribution in [1.82, 2.24) is 4.31 Å². The predicted molar refractivity (Wildman–Crippen MR) is 95.9 cm³/mol. The number of sulfonamides is 1. The van der Waals surface area contributed by atoms with Crippen molar-refractivity contribution in [2.75, 3.05) is 12.4 Å². The van der Waals surface area contributed by atoms with E-state index in [0.29, 0.717) is 0 Å². The van der Waals surface area contributed by atoms with Crippen molar-refractivity contribution in [3.63, 3.8) is 0 Å². The smallest absolute Gasteiger partial charge is 0.322 e. The van der Waals surface area contributed by atoms with Crippen LogP contribution in [-0.4, -0.2) is 31.7 Å². The number of rotatable bonds is 5. The molecule has 146 valence electrons. The van der Waals surface area contributed by atoms with E-state index in [4.69, 9.17) is 0 Å². The van der Waals surface area contributed by atoms with E-state index in [9.17, 15) is 26.4 Å². The molecule has 0 unspecified atom stereocenters. The number of nitrogens with one attached hydrogen (secondary N) is 1. The second-order valence-corrected chi connectivity index (χ2v) is 8.17. The summed E-state index contributed by atoms with van der Waals surface area (Å²) >= 11 is 0. The maximum atomic E-state index is 12.8. The highest BCUT2D eigenvalue weighted by atomic mass is 32.2. The minimum absolute atomic E-state index is 0.0191. The molecule has 0 aliphatic rings. The molecule has 0 spiro atoms.